The summed E-state index contributed by atoms with van der Waals surface area (Å²) in [6.07, 6.45) is 3.59. The summed E-state index contributed by atoms with van der Waals surface area (Å²) in [5.74, 6) is 0.578. The summed E-state index contributed by atoms with van der Waals surface area (Å²) >= 11 is 0. The number of aliphatic hydroxyl groups excluding tert-OH is 2. The van der Waals surface area contributed by atoms with Gasteiger partial charge in [0.1, 0.15) is 12.5 Å². The highest BCUT2D eigenvalue weighted by Gasteiger charge is 2.19. The molecule has 3 atom stereocenters. The molecule has 0 aliphatic carbocycles. The van der Waals surface area contributed by atoms with Gasteiger partial charge in [-0.1, -0.05) is 33.1 Å². The molecule has 0 aromatic heterocycles. The Morgan fingerprint density at radius 2 is 1.60 bits per heavy atom. The molecule has 0 bridgehead atoms. The number of unbranched alkanes of at least 4 members (excludes halogenated alkanes) is 1. The first kappa shape index (κ1) is 14.9. The van der Waals surface area contributed by atoms with Gasteiger partial charge in [-0.2, -0.15) is 0 Å². The monoisotopic (exact) mass is 217 g/mol. The first-order chi connectivity index (χ1) is 7.02. The second-order valence-electron chi connectivity index (χ2n) is 4.38. The van der Waals surface area contributed by atoms with Gasteiger partial charge in [0.2, 0.25) is 0 Å². The zero-order valence-corrected chi connectivity index (χ0v) is 10.6. The predicted molar refractivity (Wildman–Crippen MR) is 63.4 cm³/mol. The molecule has 0 radical (unpaired) electrons. The van der Waals surface area contributed by atoms with E-state index in [9.17, 15) is 10.2 Å². The van der Waals surface area contributed by atoms with Crippen LogP contribution in [0.3, 0.4) is 0 Å². The number of hydrogen-bond acceptors (Lipinski definition) is 3. The maximum absolute atomic E-state index is 9.52. The van der Waals surface area contributed by atoms with Crippen LogP contribution in [0.2, 0.25) is 0 Å². The second-order valence-corrected chi connectivity index (χ2v) is 4.38. The van der Waals surface area contributed by atoms with Crippen LogP contribution in [0.1, 0.15) is 53.4 Å². The third-order valence-corrected chi connectivity index (χ3v) is 2.97. The predicted octanol–water partition coefficient (Wildman–Crippen LogP) is 2.18. The Balaban J connectivity index is 4.10. The Kier molecular flexibility index (Phi) is 8.02. The third-order valence-electron chi connectivity index (χ3n) is 2.97. The maximum Gasteiger partial charge on any atom is 0.106 e. The van der Waals surface area contributed by atoms with E-state index in [1.165, 1.54) is 19.3 Å². The molecule has 15 heavy (non-hydrogen) atoms. The zero-order valence-electron chi connectivity index (χ0n) is 10.6. The van der Waals surface area contributed by atoms with Crippen molar-refractivity contribution in [1.82, 2.24) is 4.90 Å². The van der Waals surface area contributed by atoms with E-state index < -0.39 is 12.5 Å². The van der Waals surface area contributed by atoms with E-state index in [2.05, 4.69) is 13.8 Å². The van der Waals surface area contributed by atoms with Gasteiger partial charge in [0.25, 0.3) is 0 Å². The van der Waals surface area contributed by atoms with Crippen LogP contribution in [-0.4, -0.2) is 34.1 Å². The topological polar surface area (TPSA) is 43.7 Å². The van der Waals surface area contributed by atoms with Gasteiger partial charge in [0, 0.05) is 6.54 Å². The lowest BCUT2D eigenvalue weighted by atomic mass is 9.98. The summed E-state index contributed by atoms with van der Waals surface area (Å²) in [5.41, 5.74) is 0. The Bertz CT molecular complexity index is 141. The molecule has 0 aromatic rings. The van der Waals surface area contributed by atoms with E-state index in [1.807, 2.05) is 0 Å². The maximum atomic E-state index is 9.52. The van der Waals surface area contributed by atoms with Crippen LogP contribution in [-0.2, 0) is 0 Å². The van der Waals surface area contributed by atoms with Gasteiger partial charge < -0.3 is 10.2 Å². The van der Waals surface area contributed by atoms with E-state index in [4.69, 9.17) is 0 Å². The minimum atomic E-state index is -0.569. The van der Waals surface area contributed by atoms with E-state index >= 15 is 0 Å². The number of nitrogens with zero attached hydrogens (tertiary/aromatic N) is 1. The van der Waals surface area contributed by atoms with Crippen molar-refractivity contribution in [2.24, 2.45) is 5.92 Å². The van der Waals surface area contributed by atoms with Crippen molar-refractivity contribution in [3.63, 3.8) is 0 Å². The standard InChI is InChI=1S/C12H27NO2/c1-5-7-8-12(6-2)9-13(10(3)14)11(4)15/h10-12,14-15H,5-9H2,1-4H3. The SMILES string of the molecule is CCCCC(CC)CN(C(C)O)C(C)O. The molecule has 0 heterocycles. The van der Waals surface area contributed by atoms with Gasteiger partial charge in [0.05, 0.1) is 0 Å². The zero-order chi connectivity index (χ0) is 11.8. The normalized spacial score (nSPS) is 17.8. The molecule has 0 spiro atoms. The molecule has 0 saturated carbocycles. The van der Waals surface area contributed by atoms with Crippen molar-refractivity contribution in [3.05, 3.63) is 0 Å². The van der Waals surface area contributed by atoms with Crippen molar-refractivity contribution in [2.75, 3.05) is 6.54 Å². The molecule has 0 aromatic carbocycles. The number of aliphatic hydroxyl groups is 2. The Labute approximate surface area is 94.1 Å². The molecular formula is C12H27NO2. The molecule has 0 fully saturated rings. The van der Waals surface area contributed by atoms with Crippen LogP contribution in [0.15, 0.2) is 0 Å². The fourth-order valence-corrected chi connectivity index (χ4v) is 1.83. The first-order valence-corrected chi connectivity index (χ1v) is 6.14. The number of hydrogen-bond donors (Lipinski definition) is 2. The quantitative estimate of drug-likeness (QED) is 0.612. The fourth-order valence-electron chi connectivity index (χ4n) is 1.83. The lowest BCUT2D eigenvalue weighted by Gasteiger charge is -2.31. The highest BCUT2D eigenvalue weighted by atomic mass is 16.3. The van der Waals surface area contributed by atoms with Crippen LogP contribution >= 0.6 is 0 Å². The molecule has 0 amide bonds. The van der Waals surface area contributed by atoms with Crippen molar-refractivity contribution in [1.29, 1.82) is 0 Å². The molecule has 0 rings (SSSR count). The molecule has 0 saturated heterocycles. The summed E-state index contributed by atoms with van der Waals surface area (Å²) in [5, 5.41) is 19.0. The average molecular weight is 217 g/mol. The van der Waals surface area contributed by atoms with Crippen LogP contribution < -0.4 is 0 Å². The van der Waals surface area contributed by atoms with Gasteiger partial charge in [-0.05, 0) is 26.2 Å². The van der Waals surface area contributed by atoms with Crippen LogP contribution in [0, 0.1) is 5.92 Å². The second kappa shape index (κ2) is 8.08. The Morgan fingerprint density at radius 1 is 1.07 bits per heavy atom. The molecule has 2 N–H and O–H groups in total. The van der Waals surface area contributed by atoms with Crippen molar-refractivity contribution >= 4 is 0 Å². The summed E-state index contributed by atoms with van der Waals surface area (Å²) in [6.45, 7) is 8.56. The summed E-state index contributed by atoms with van der Waals surface area (Å²) in [6, 6.07) is 0. The molecule has 92 valence electrons. The fraction of sp³-hybridized carbons (Fsp3) is 1.00. The lowest BCUT2D eigenvalue weighted by Crippen LogP contribution is -2.43. The van der Waals surface area contributed by atoms with Crippen LogP contribution in [0.25, 0.3) is 0 Å². The molecule has 3 unspecified atom stereocenters. The van der Waals surface area contributed by atoms with Gasteiger partial charge in [0.15, 0.2) is 0 Å². The van der Waals surface area contributed by atoms with Gasteiger partial charge in [-0.25, -0.2) is 0 Å². The highest BCUT2D eigenvalue weighted by molar-refractivity contribution is 4.66. The average Bonchev–Trinajstić information content (AvgIpc) is 2.17. The largest absolute Gasteiger partial charge is 0.379 e. The lowest BCUT2D eigenvalue weighted by molar-refractivity contribution is -0.0920. The molecule has 3 nitrogen and oxygen atoms in total. The van der Waals surface area contributed by atoms with Crippen LogP contribution in [0.4, 0.5) is 0 Å². The van der Waals surface area contributed by atoms with Gasteiger partial charge >= 0.3 is 0 Å². The summed E-state index contributed by atoms with van der Waals surface area (Å²) in [7, 11) is 0. The first-order valence-electron chi connectivity index (χ1n) is 6.14. The van der Waals surface area contributed by atoms with E-state index in [0.29, 0.717) is 5.92 Å². The van der Waals surface area contributed by atoms with E-state index in [0.717, 1.165) is 13.0 Å². The Hall–Kier alpha value is -0.120. The minimum absolute atomic E-state index is 0.569. The molecule has 0 aliphatic heterocycles. The van der Waals surface area contributed by atoms with Crippen molar-refractivity contribution in [3.8, 4) is 0 Å². The smallest absolute Gasteiger partial charge is 0.106 e. The minimum Gasteiger partial charge on any atom is -0.379 e. The number of rotatable bonds is 8. The van der Waals surface area contributed by atoms with E-state index in [-0.39, 0.29) is 0 Å². The molecule has 0 aliphatic rings. The molecular weight excluding hydrogens is 190 g/mol. The van der Waals surface area contributed by atoms with Gasteiger partial charge in [-0.3, -0.25) is 4.90 Å². The Morgan fingerprint density at radius 3 is 1.93 bits per heavy atom. The van der Waals surface area contributed by atoms with Crippen molar-refractivity contribution < 1.29 is 10.2 Å². The molecule has 3 heteroatoms. The van der Waals surface area contributed by atoms with Crippen LogP contribution in [0.5, 0.6) is 0 Å². The summed E-state index contributed by atoms with van der Waals surface area (Å²) < 4.78 is 0. The third kappa shape index (κ3) is 6.13. The van der Waals surface area contributed by atoms with E-state index in [1.54, 1.807) is 18.7 Å². The summed E-state index contributed by atoms with van der Waals surface area (Å²) in [4.78, 5) is 1.74. The van der Waals surface area contributed by atoms with Gasteiger partial charge in [-0.15, -0.1) is 0 Å². The highest BCUT2D eigenvalue weighted by Crippen LogP contribution is 2.16. The van der Waals surface area contributed by atoms with Crippen molar-refractivity contribution in [2.45, 2.75) is 65.8 Å².